The lowest BCUT2D eigenvalue weighted by atomic mass is 10.1. The summed E-state index contributed by atoms with van der Waals surface area (Å²) < 4.78 is 0. The van der Waals surface area contributed by atoms with Crippen molar-refractivity contribution in [3.8, 4) is 0 Å². The Hall–Kier alpha value is -1.69. The van der Waals surface area contributed by atoms with Gasteiger partial charge >= 0.3 is 0 Å². The summed E-state index contributed by atoms with van der Waals surface area (Å²) in [5, 5.41) is 7.37. The molecule has 5 nitrogen and oxygen atoms in total. The van der Waals surface area contributed by atoms with Gasteiger partial charge in [0, 0.05) is 48.8 Å². The number of guanidine groups is 1. The van der Waals surface area contributed by atoms with E-state index in [4.69, 9.17) is 0 Å². The van der Waals surface area contributed by atoms with Crippen molar-refractivity contribution in [3.63, 3.8) is 0 Å². The molecule has 2 N–H and O–H groups in total. The van der Waals surface area contributed by atoms with Crippen molar-refractivity contribution in [3.05, 3.63) is 30.3 Å². The van der Waals surface area contributed by atoms with Crippen LogP contribution in [0.15, 0.2) is 40.2 Å². The van der Waals surface area contributed by atoms with Gasteiger partial charge in [-0.2, -0.15) is 0 Å². The average molecular weight is 389 g/mol. The van der Waals surface area contributed by atoms with E-state index in [0.29, 0.717) is 17.2 Å². The molecule has 1 saturated carbocycles. The number of rotatable bonds is 6. The molecule has 1 aromatic carbocycles. The summed E-state index contributed by atoms with van der Waals surface area (Å²) in [6.07, 6.45) is 5.57. The maximum atomic E-state index is 12.6. The number of likely N-dealkylation sites (tertiary alicyclic amines) is 1. The lowest BCUT2D eigenvalue weighted by molar-refractivity contribution is -0.134. The maximum Gasteiger partial charge on any atom is 0.225 e. The van der Waals surface area contributed by atoms with Crippen LogP contribution in [0.3, 0.4) is 0 Å². The van der Waals surface area contributed by atoms with E-state index in [-0.39, 0.29) is 5.92 Å². The third-order valence-corrected chi connectivity index (χ3v) is 6.52. The highest BCUT2D eigenvalue weighted by atomic mass is 32.2. The number of carbonyl (C=O) groups is 1. The van der Waals surface area contributed by atoms with Gasteiger partial charge in [-0.05, 0) is 31.4 Å². The SMILES string of the molecule is CN=C(NCC(C)Sc1ccccc1)NC1CCN(C(=O)C2CCCC2)C1. The molecule has 0 bridgehead atoms. The van der Waals surface area contributed by atoms with E-state index in [1.807, 2.05) is 17.8 Å². The van der Waals surface area contributed by atoms with Crippen molar-refractivity contribution >= 4 is 23.6 Å². The van der Waals surface area contributed by atoms with Gasteiger partial charge in [0.1, 0.15) is 0 Å². The van der Waals surface area contributed by atoms with Crippen molar-refractivity contribution in [2.24, 2.45) is 10.9 Å². The van der Waals surface area contributed by atoms with Crippen LogP contribution in [-0.2, 0) is 4.79 Å². The first-order chi connectivity index (χ1) is 13.2. The zero-order valence-corrected chi connectivity index (χ0v) is 17.3. The van der Waals surface area contributed by atoms with E-state index < -0.39 is 0 Å². The maximum absolute atomic E-state index is 12.6. The normalized spacial score (nSPS) is 22.1. The van der Waals surface area contributed by atoms with Crippen LogP contribution in [0.25, 0.3) is 0 Å². The van der Waals surface area contributed by atoms with E-state index >= 15 is 0 Å². The van der Waals surface area contributed by atoms with E-state index in [9.17, 15) is 4.79 Å². The van der Waals surface area contributed by atoms with Gasteiger partial charge in [-0.15, -0.1) is 11.8 Å². The Labute approximate surface area is 167 Å². The summed E-state index contributed by atoms with van der Waals surface area (Å²) in [5.41, 5.74) is 0. The molecule has 1 aromatic rings. The molecule has 1 aliphatic heterocycles. The Kier molecular flexibility index (Phi) is 7.44. The van der Waals surface area contributed by atoms with Crippen LogP contribution in [-0.4, -0.2) is 54.7 Å². The summed E-state index contributed by atoms with van der Waals surface area (Å²) in [6, 6.07) is 10.8. The minimum absolute atomic E-state index is 0.275. The molecule has 2 aliphatic rings. The molecule has 1 amide bonds. The van der Waals surface area contributed by atoms with E-state index in [1.54, 1.807) is 7.05 Å². The number of carbonyl (C=O) groups excluding carboxylic acids is 1. The van der Waals surface area contributed by atoms with Crippen molar-refractivity contribution in [2.75, 3.05) is 26.7 Å². The Morgan fingerprint density at radius 1 is 1.26 bits per heavy atom. The Bertz CT molecular complexity index is 630. The quantitative estimate of drug-likeness (QED) is 0.447. The third kappa shape index (κ3) is 5.89. The van der Waals surface area contributed by atoms with Gasteiger partial charge < -0.3 is 15.5 Å². The number of hydrogen-bond acceptors (Lipinski definition) is 3. The molecule has 0 radical (unpaired) electrons. The fourth-order valence-electron chi connectivity index (χ4n) is 3.91. The second-order valence-electron chi connectivity index (χ2n) is 7.59. The molecule has 2 unspecified atom stereocenters. The number of nitrogens with one attached hydrogen (secondary N) is 2. The van der Waals surface area contributed by atoms with Gasteiger partial charge in [-0.3, -0.25) is 9.79 Å². The summed E-state index contributed by atoms with van der Waals surface area (Å²) in [7, 11) is 1.81. The Balaban J connectivity index is 1.40. The fourth-order valence-corrected chi connectivity index (χ4v) is 4.86. The van der Waals surface area contributed by atoms with Crippen LogP contribution in [0.4, 0.5) is 0 Å². The molecule has 148 valence electrons. The molecule has 1 aliphatic carbocycles. The standard InChI is InChI=1S/C21H32N4OS/c1-16(27-19-10-4-3-5-11-19)14-23-21(22-2)24-18-12-13-25(15-18)20(26)17-8-6-7-9-17/h3-5,10-11,16-18H,6-9,12-15H2,1-2H3,(H2,22,23,24). The molecule has 6 heteroatoms. The monoisotopic (exact) mass is 388 g/mol. The van der Waals surface area contributed by atoms with Crippen molar-refractivity contribution in [1.82, 2.24) is 15.5 Å². The molecular formula is C21H32N4OS. The number of thioether (sulfide) groups is 1. The highest BCUT2D eigenvalue weighted by molar-refractivity contribution is 8.00. The van der Waals surface area contributed by atoms with Crippen LogP contribution in [0.1, 0.15) is 39.0 Å². The topological polar surface area (TPSA) is 56.7 Å². The van der Waals surface area contributed by atoms with Crippen LogP contribution in [0.2, 0.25) is 0 Å². The minimum Gasteiger partial charge on any atom is -0.355 e. The highest BCUT2D eigenvalue weighted by Gasteiger charge is 2.32. The zero-order chi connectivity index (χ0) is 19.1. The summed E-state index contributed by atoms with van der Waals surface area (Å²) >= 11 is 1.86. The van der Waals surface area contributed by atoms with E-state index in [1.165, 1.54) is 17.7 Å². The molecule has 3 rings (SSSR count). The van der Waals surface area contributed by atoms with Gasteiger partial charge in [0.15, 0.2) is 5.96 Å². The number of benzene rings is 1. The average Bonchev–Trinajstić information content (AvgIpc) is 3.37. The molecule has 1 saturated heterocycles. The molecule has 1 heterocycles. The predicted molar refractivity (Wildman–Crippen MR) is 113 cm³/mol. The largest absolute Gasteiger partial charge is 0.355 e. The van der Waals surface area contributed by atoms with E-state index in [2.05, 4.69) is 51.7 Å². The lowest BCUT2D eigenvalue weighted by Gasteiger charge is -2.22. The summed E-state index contributed by atoms with van der Waals surface area (Å²) in [5.74, 6) is 1.47. The number of aliphatic imine (C=N–C) groups is 1. The van der Waals surface area contributed by atoms with Crippen LogP contribution >= 0.6 is 11.8 Å². The molecule has 27 heavy (non-hydrogen) atoms. The zero-order valence-electron chi connectivity index (χ0n) is 16.5. The van der Waals surface area contributed by atoms with Gasteiger partial charge in [-0.1, -0.05) is 38.0 Å². The number of amides is 1. The molecule has 0 aromatic heterocycles. The van der Waals surface area contributed by atoms with Crippen LogP contribution in [0, 0.1) is 5.92 Å². The first-order valence-corrected chi connectivity index (χ1v) is 11.0. The smallest absolute Gasteiger partial charge is 0.225 e. The second kappa shape index (κ2) is 10.0. The summed E-state index contributed by atoms with van der Waals surface area (Å²) in [6.45, 7) is 4.72. The second-order valence-corrected chi connectivity index (χ2v) is 9.10. The molecule has 0 spiro atoms. The van der Waals surface area contributed by atoms with Gasteiger partial charge in [0.25, 0.3) is 0 Å². The van der Waals surface area contributed by atoms with Crippen molar-refractivity contribution in [1.29, 1.82) is 0 Å². The first-order valence-electron chi connectivity index (χ1n) is 10.1. The minimum atomic E-state index is 0.275. The van der Waals surface area contributed by atoms with Crippen molar-refractivity contribution < 1.29 is 4.79 Å². The number of hydrogen-bond donors (Lipinski definition) is 2. The van der Waals surface area contributed by atoms with Gasteiger partial charge in [0.05, 0.1) is 0 Å². The number of nitrogens with zero attached hydrogens (tertiary/aromatic N) is 2. The van der Waals surface area contributed by atoms with Crippen LogP contribution in [0.5, 0.6) is 0 Å². The van der Waals surface area contributed by atoms with Crippen molar-refractivity contribution in [2.45, 2.75) is 55.2 Å². The summed E-state index contributed by atoms with van der Waals surface area (Å²) in [4.78, 5) is 20.3. The van der Waals surface area contributed by atoms with E-state index in [0.717, 1.165) is 44.9 Å². The van der Waals surface area contributed by atoms with Gasteiger partial charge in [0.2, 0.25) is 5.91 Å². The third-order valence-electron chi connectivity index (χ3n) is 5.41. The lowest BCUT2D eigenvalue weighted by Crippen LogP contribution is -2.46. The molecule has 2 atom stereocenters. The van der Waals surface area contributed by atoms with Crippen LogP contribution < -0.4 is 10.6 Å². The van der Waals surface area contributed by atoms with Gasteiger partial charge in [-0.25, -0.2) is 0 Å². The molecule has 2 fully saturated rings. The first kappa shape index (κ1) is 20.1. The predicted octanol–water partition coefficient (Wildman–Crippen LogP) is 3.12. The fraction of sp³-hybridized carbons (Fsp3) is 0.619. The molecular weight excluding hydrogens is 356 g/mol. The highest BCUT2D eigenvalue weighted by Crippen LogP contribution is 2.28. The Morgan fingerprint density at radius 3 is 2.70 bits per heavy atom. The Morgan fingerprint density at radius 2 is 2.00 bits per heavy atom.